The van der Waals surface area contributed by atoms with E-state index in [0.29, 0.717) is 0 Å². The van der Waals surface area contributed by atoms with Crippen LogP contribution in [0.3, 0.4) is 0 Å². The SMILES string of the molecule is O=C1[N]C(=O)C2CCC1C2. The van der Waals surface area contributed by atoms with Gasteiger partial charge in [0, 0.05) is 11.8 Å². The second-order valence-electron chi connectivity index (χ2n) is 3.00. The second-order valence-corrected chi connectivity index (χ2v) is 3.00. The summed E-state index contributed by atoms with van der Waals surface area (Å²) in [5, 5.41) is 3.43. The highest BCUT2D eigenvalue weighted by Gasteiger charge is 2.41. The Hall–Kier alpha value is -0.860. The van der Waals surface area contributed by atoms with Crippen molar-refractivity contribution in [3.63, 3.8) is 0 Å². The molecular formula is C7H8NO2. The van der Waals surface area contributed by atoms with E-state index in [4.69, 9.17) is 0 Å². The molecule has 3 nitrogen and oxygen atoms in total. The van der Waals surface area contributed by atoms with Crippen LogP contribution in [0.2, 0.25) is 0 Å². The molecule has 2 unspecified atom stereocenters. The van der Waals surface area contributed by atoms with Gasteiger partial charge in [0.1, 0.15) is 0 Å². The molecule has 2 amide bonds. The van der Waals surface area contributed by atoms with Gasteiger partial charge in [-0.1, -0.05) is 0 Å². The lowest BCUT2D eigenvalue weighted by atomic mass is 9.99. The lowest BCUT2D eigenvalue weighted by molar-refractivity contribution is -0.137. The van der Waals surface area contributed by atoms with Crippen molar-refractivity contribution in [3.8, 4) is 0 Å². The van der Waals surface area contributed by atoms with Crippen molar-refractivity contribution in [1.82, 2.24) is 5.32 Å². The van der Waals surface area contributed by atoms with E-state index >= 15 is 0 Å². The number of imide groups is 1. The summed E-state index contributed by atoms with van der Waals surface area (Å²) in [6.07, 6.45) is 2.51. The van der Waals surface area contributed by atoms with Crippen LogP contribution in [0.4, 0.5) is 0 Å². The van der Waals surface area contributed by atoms with Gasteiger partial charge in [0.15, 0.2) is 0 Å². The molecule has 1 heterocycles. The molecule has 1 aliphatic heterocycles. The molecule has 1 saturated carbocycles. The summed E-state index contributed by atoms with van der Waals surface area (Å²) in [4.78, 5) is 21.7. The number of hydrogen-bond acceptors (Lipinski definition) is 2. The minimum Gasteiger partial charge on any atom is -0.272 e. The van der Waals surface area contributed by atoms with Gasteiger partial charge in [-0.25, -0.2) is 0 Å². The molecule has 0 aromatic rings. The number of carbonyl (C=O) groups is 2. The zero-order chi connectivity index (χ0) is 7.14. The van der Waals surface area contributed by atoms with Crippen molar-refractivity contribution in [3.05, 3.63) is 0 Å². The minimum absolute atomic E-state index is 0.0858. The molecule has 53 valence electrons. The van der Waals surface area contributed by atoms with Gasteiger partial charge in [0.2, 0.25) is 0 Å². The lowest BCUT2D eigenvalue weighted by Crippen LogP contribution is -2.36. The van der Waals surface area contributed by atoms with E-state index in [0.717, 1.165) is 19.3 Å². The van der Waals surface area contributed by atoms with E-state index < -0.39 is 0 Å². The Bertz CT molecular complexity index is 180. The van der Waals surface area contributed by atoms with E-state index in [-0.39, 0.29) is 23.7 Å². The number of hydrogen-bond donors (Lipinski definition) is 0. The van der Waals surface area contributed by atoms with E-state index in [9.17, 15) is 9.59 Å². The van der Waals surface area contributed by atoms with Crippen molar-refractivity contribution in [2.45, 2.75) is 19.3 Å². The Morgan fingerprint density at radius 3 is 2.10 bits per heavy atom. The van der Waals surface area contributed by atoms with Crippen LogP contribution in [0.5, 0.6) is 0 Å². The van der Waals surface area contributed by atoms with Crippen LogP contribution in [-0.2, 0) is 9.59 Å². The summed E-state index contributed by atoms with van der Waals surface area (Å²) in [6.45, 7) is 0. The van der Waals surface area contributed by atoms with Crippen LogP contribution in [-0.4, -0.2) is 11.8 Å². The van der Waals surface area contributed by atoms with Crippen LogP contribution < -0.4 is 5.32 Å². The summed E-state index contributed by atoms with van der Waals surface area (Å²) < 4.78 is 0. The maximum atomic E-state index is 10.9. The highest BCUT2D eigenvalue weighted by Crippen LogP contribution is 2.34. The summed E-state index contributed by atoms with van der Waals surface area (Å²) >= 11 is 0. The first-order chi connectivity index (χ1) is 4.77. The molecule has 2 atom stereocenters. The third-order valence-corrected chi connectivity index (χ3v) is 2.35. The average molecular weight is 138 g/mol. The molecule has 2 fully saturated rings. The number of fused-ring (bicyclic) bond motifs is 2. The third kappa shape index (κ3) is 0.664. The Balaban J connectivity index is 2.24. The standard InChI is InChI=1S/C7H8NO2/c9-6-4-1-2-5(3-4)7(10)8-6/h4-5H,1-3H2. The van der Waals surface area contributed by atoms with E-state index in [1.54, 1.807) is 0 Å². The van der Waals surface area contributed by atoms with Gasteiger partial charge < -0.3 is 0 Å². The molecule has 1 radical (unpaired) electrons. The van der Waals surface area contributed by atoms with Crippen molar-refractivity contribution in [2.75, 3.05) is 0 Å². The number of carbonyl (C=O) groups excluding carboxylic acids is 2. The molecule has 1 saturated heterocycles. The largest absolute Gasteiger partial charge is 0.272 e. The summed E-state index contributed by atoms with van der Waals surface area (Å²) in [7, 11) is 0. The maximum absolute atomic E-state index is 10.9. The van der Waals surface area contributed by atoms with Crippen LogP contribution in [0.1, 0.15) is 19.3 Å². The van der Waals surface area contributed by atoms with Gasteiger partial charge in [0.05, 0.1) is 0 Å². The van der Waals surface area contributed by atoms with Crippen molar-refractivity contribution >= 4 is 11.8 Å². The van der Waals surface area contributed by atoms with Crippen molar-refractivity contribution < 1.29 is 9.59 Å². The van der Waals surface area contributed by atoms with Crippen LogP contribution in [0.25, 0.3) is 0 Å². The lowest BCUT2D eigenvalue weighted by Gasteiger charge is -2.14. The fourth-order valence-electron chi connectivity index (χ4n) is 1.72. The first-order valence-electron chi connectivity index (χ1n) is 3.57. The van der Waals surface area contributed by atoms with Crippen molar-refractivity contribution in [1.29, 1.82) is 0 Å². The smallest absolute Gasteiger partial charge is 0.251 e. The molecule has 3 heteroatoms. The normalized spacial score (nSPS) is 38.0. The summed E-state index contributed by atoms with van der Waals surface area (Å²) in [5.41, 5.74) is 0. The Morgan fingerprint density at radius 2 is 1.60 bits per heavy atom. The molecule has 2 aliphatic rings. The summed E-state index contributed by atoms with van der Waals surface area (Å²) in [6, 6.07) is 0. The number of amides is 2. The zero-order valence-corrected chi connectivity index (χ0v) is 5.54. The average Bonchev–Trinajstić information content (AvgIpc) is 2.28. The predicted octanol–water partition coefficient (Wildman–Crippen LogP) is 0.0739. The van der Waals surface area contributed by atoms with E-state index in [1.807, 2.05) is 0 Å². The molecule has 0 spiro atoms. The second kappa shape index (κ2) is 1.81. The van der Waals surface area contributed by atoms with E-state index in [2.05, 4.69) is 5.32 Å². The Labute approximate surface area is 58.8 Å². The zero-order valence-electron chi connectivity index (χ0n) is 5.54. The summed E-state index contributed by atoms with van der Waals surface area (Å²) in [5.74, 6) is -0.192. The molecule has 0 N–H and O–H groups in total. The molecule has 0 aromatic carbocycles. The van der Waals surface area contributed by atoms with Gasteiger partial charge in [-0.15, -0.1) is 0 Å². The maximum Gasteiger partial charge on any atom is 0.251 e. The van der Waals surface area contributed by atoms with Crippen molar-refractivity contribution in [2.24, 2.45) is 11.8 Å². The number of piperidine rings is 1. The van der Waals surface area contributed by atoms with E-state index in [1.165, 1.54) is 0 Å². The molecule has 0 aromatic heterocycles. The molecule has 1 aliphatic carbocycles. The minimum atomic E-state index is -0.182. The van der Waals surface area contributed by atoms with Crippen LogP contribution in [0, 0.1) is 11.8 Å². The van der Waals surface area contributed by atoms with Gasteiger partial charge in [-0.2, -0.15) is 5.32 Å². The van der Waals surface area contributed by atoms with Gasteiger partial charge in [0.25, 0.3) is 11.8 Å². The number of nitrogens with zero attached hydrogens (tertiary/aromatic N) is 1. The molecule has 2 rings (SSSR count). The molecule has 2 bridgehead atoms. The first kappa shape index (κ1) is 5.89. The third-order valence-electron chi connectivity index (χ3n) is 2.35. The fourth-order valence-corrected chi connectivity index (χ4v) is 1.72. The topological polar surface area (TPSA) is 48.2 Å². The fraction of sp³-hybridized carbons (Fsp3) is 0.714. The predicted molar refractivity (Wildman–Crippen MR) is 33.0 cm³/mol. The number of rotatable bonds is 0. The quantitative estimate of drug-likeness (QED) is 0.445. The highest BCUT2D eigenvalue weighted by atomic mass is 16.2. The highest BCUT2D eigenvalue weighted by molar-refractivity contribution is 6.00. The van der Waals surface area contributed by atoms with Gasteiger partial charge in [-0.05, 0) is 19.3 Å². The molecular weight excluding hydrogens is 130 g/mol. The van der Waals surface area contributed by atoms with Gasteiger partial charge >= 0.3 is 0 Å². The Morgan fingerprint density at radius 1 is 1.10 bits per heavy atom. The monoisotopic (exact) mass is 138 g/mol. The van der Waals surface area contributed by atoms with Crippen LogP contribution in [0.15, 0.2) is 0 Å². The molecule has 10 heavy (non-hydrogen) atoms. The van der Waals surface area contributed by atoms with Crippen LogP contribution >= 0.6 is 0 Å². The first-order valence-corrected chi connectivity index (χ1v) is 3.57. The van der Waals surface area contributed by atoms with Gasteiger partial charge in [-0.3, -0.25) is 9.59 Å². The Kier molecular flexibility index (Phi) is 1.07.